The van der Waals surface area contributed by atoms with Crippen LogP contribution in [0.1, 0.15) is 24.6 Å². The van der Waals surface area contributed by atoms with Gasteiger partial charge in [0.2, 0.25) is 0 Å². The first-order valence-electron chi connectivity index (χ1n) is 8.62. The lowest BCUT2D eigenvalue weighted by molar-refractivity contribution is -0.0328. The molecule has 1 aliphatic carbocycles. The Morgan fingerprint density at radius 3 is 2.56 bits per heavy atom. The molecule has 2 aromatic rings. The van der Waals surface area contributed by atoms with Crippen LogP contribution in [0.5, 0.6) is 0 Å². The van der Waals surface area contributed by atoms with Crippen LogP contribution in [0.15, 0.2) is 23.2 Å². The summed E-state index contributed by atoms with van der Waals surface area (Å²) in [5.41, 5.74) is 2.25. The second kappa shape index (κ2) is 7.16. The second-order valence-corrected chi connectivity index (χ2v) is 7.61. The Morgan fingerprint density at radius 2 is 1.89 bits per heavy atom. The van der Waals surface area contributed by atoms with Crippen molar-refractivity contribution < 1.29 is 17.9 Å². The van der Waals surface area contributed by atoms with Gasteiger partial charge in [0, 0.05) is 36.8 Å². The van der Waals surface area contributed by atoms with E-state index in [0.717, 1.165) is 37.6 Å². The number of hydrogen-bond acceptors (Lipinski definition) is 7. The fourth-order valence-corrected chi connectivity index (χ4v) is 3.47. The van der Waals surface area contributed by atoms with E-state index in [4.69, 9.17) is 10.5 Å². The number of aromatic nitrogens is 3. The standard InChI is InChI=1S/C17H18F3N5OS/c18-17(19,20)27-13-7-11(9-22-15(13)21)12-8-14(25-3-5-26-6-4-25)24-16(23-12)10-1-2-10/h7-10H,1-6H2,(H2,21,22). The number of nitrogen functional groups attached to an aromatic ring is 1. The Hall–Kier alpha value is -2.07. The summed E-state index contributed by atoms with van der Waals surface area (Å²) in [4.78, 5) is 15.2. The lowest BCUT2D eigenvalue weighted by Crippen LogP contribution is -2.37. The zero-order chi connectivity index (χ0) is 19.0. The number of nitrogens with two attached hydrogens (primary N) is 1. The van der Waals surface area contributed by atoms with Crippen LogP contribution in [0.4, 0.5) is 24.8 Å². The number of anilines is 2. The van der Waals surface area contributed by atoms with Crippen molar-refractivity contribution in [2.75, 3.05) is 36.9 Å². The number of rotatable bonds is 4. The van der Waals surface area contributed by atoms with E-state index in [0.29, 0.717) is 30.4 Å². The van der Waals surface area contributed by atoms with E-state index in [9.17, 15) is 13.2 Å². The van der Waals surface area contributed by atoms with Gasteiger partial charge in [-0.3, -0.25) is 0 Å². The van der Waals surface area contributed by atoms with Crippen LogP contribution in [0, 0.1) is 0 Å². The summed E-state index contributed by atoms with van der Waals surface area (Å²) in [5, 5.41) is 0. The summed E-state index contributed by atoms with van der Waals surface area (Å²) in [6, 6.07) is 3.19. The van der Waals surface area contributed by atoms with Crippen LogP contribution in [0.25, 0.3) is 11.3 Å². The average molecular weight is 397 g/mol. The lowest BCUT2D eigenvalue weighted by Gasteiger charge is -2.28. The van der Waals surface area contributed by atoms with Crippen LogP contribution >= 0.6 is 11.8 Å². The summed E-state index contributed by atoms with van der Waals surface area (Å²) in [5.74, 6) is 1.67. The monoisotopic (exact) mass is 397 g/mol. The first kappa shape index (κ1) is 18.3. The third kappa shape index (κ3) is 4.44. The van der Waals surface area contributed by atoms with E-state index in [1.54, 1.807) is 6.07 Å². The molecule has 0 unspecified atom stereocenters. The number of halogens is 3. The summed E-state index contributed by atoms with van der Waals surface area (Å²) < 4.78 is 43.7. The van der Waals surface area contributed by atoms with E-state index in [2.05, 4.69) is 19.9 Å². The molecule has 27 heavy (non-hydrogen) atoms. The van der Waals surface area contributed by atoms with Gasteiger partial charge in [0.15, 0.2) is 0 Å². The minimum absolute atomic E-state index is 0.125. The Bertz CT molecular complexity index is 838. The van der Waals surface area contributed by atoms with Gasteiger partial charge in [0.25, 0.3) is 0 Å². The molecule has 10 heteroatoms. The van der Waals surface area contributed by atoms with Gasteiger partial charge >= 0.3 is 5.51 Å². The molecule has 3 heterocycles. The molecule has 1 aliphatic heterocycles. The Labute approximate surface area is 158 Å². The Kier molecular flexibility index (Phi) is 4.85. The average Bonchev–Trinajstić information content (AvgIpc) is 3.48. The second-order valence-electron chi connectivity index (χ2n) is 6.50. The molecule has 0 radical (unpaired) electrons. The molecule has 0 spiro atoms. The van der Waals surface area contributed by atoms with Gasteiger partial charge in [-0.25, -0.2) is 15.0 Å². The molecule has 6 nitrogen and oxygen atoms in total. The molecule has 2 aliphatic rings. The van der Waals surface area contributed by atoms with E-state index in [1.165, 1.54) is 12.3 Å². The first-order valence-corrected chi connectivity index (χ1v) is 9.44. The smallest absolute Gasteiger partial charge is 0.383 e. The molecule has 0 amide bonds. The van der Waals surface area contributed by atoms with Crippen LogP contribution in [0.3, 0.4) is 0 Å². The predicted octanol–water partition coefficient (Wildman–Crippen LogP) is 3.45. The van der Waals surface area contributed by atoms with Crippen molar-refractivity contribution in [1.29, 1.82) is 0 Å². The fourth-order valence-electron chi connectivity index (χ4n) is 2.88. The predicted molar refractivity (Wildman–Crippen MR) is 96.6 cm³/mol. The Balaban J connectivity index is 1.72. The highest BCUT2D eigenvalue weighted by Crippen LogP contribution is 2.42. The van der Waals surface area contributed by atoms with Gasteiger partial charge in [-0.15, -0.1) is 0 Å². The molecule has 4 rings (SSSR count). The number of pyridine rings is 1. The van der Waals surface area contributed by atoms with Gasteiger partial charge in [0.05, 0.1) is 23.8 Å². The highest BCUT2D eigenvalue weighted by molar-refractivity contribution is 8.00. The minimum atomic E-state index is -4.43. The molecule has 1 saturated carbocycles. The molecule has 2 N–H and O–H groups in total. The molecule has 0 atom stereocenters. The van der Waals surface area contributed by atoms with Gasteiger partial charge < -0.3 is 15.4 Å². The number of nitrogens with zero attached hydrogens (tertiary/aromatic N) is 4. The molecule has 2 fully saturated rings. The number of thioether (sulfide) groups is 1. The Morgan fingerprint density at radius 1 is 1.15 bits per heavy atom. The highest BCUT2D eigenvalue weighted by Gasteiger charge is 2.31. The van der Waals surface area contributed by atoms with E-state index in [1.807, 2.05) is 0 Å². The van der Waals surface area contributed by atoms with Crippen molar-refractivity contribution in [3.8, 4) is 11.3 Å². The maximum Gasteiger partial charge on any atom is 0.446 e. The summed E-state index contributed by atoms with van der Waals surface area (Å²) >= 11 is -0.267. The summed E-state index contributed by atoms with van der Waals surface area (Å²) in [6.07, 6.45) is 3.51. The van der Waals surface area contributed by atoms with E-state index >= 15 is 0 Å². The maximum absolute atomic E-state index is 12.8. The van der Waals surface area contributed by atoms with Crippen LogP contribution in [-0.4, -0.2) is 46.8 Å². The molecule has 0 aromatic carbocycles. The van der Waals surface area contributed by atoms with Gasteiger partial charge in [-0.05, 0) is 30.7 Å². The molecule has 0 bridgehead atoms. The van der Waals surface area contributed by atoms with Crippen LogP contribution in [0.2, 0.25) is 0 Å². The zero-order valence-electron chi connectivity index (χ0n) is 14.4. The summed E-state index contributed by atoms with van der Waals surface area (Å²) in [6.45, 7) is 2.67. The quantitative estimate of drug-likeness (QED) is 0.792. The number of ether oxygens (including phenoxy) is 1. The molecule has 144 valence electrons. The molecular weight excluding hydrogens is 379 g/mol. The topological polar surface area (TPSA) is 77.2 Å². The molecular formula is C17H18F3N5OS. The van der Waals surface area contributed by atoms with Crippen molar-refractivity contribution in [2.45, 2.75) is 29.2 Å². The maximum atomic E-state index is 12.8. The number of hydrogen-bond donors (Lipinski definition) is 1. The zero-order valence-corrected chi connectivity index (χ0v) is 15.2. The number of morpholine rings is 1. The van der Waals surface area contributed by atoms with Gasteiger partial charge in [0.1, 0.15) is 17.5 Å². The van der Waals surface area contributed by atoms with Crippen LogP contribution in [-0.2, 0) is 4.74 Å². The normalized spacial score (nSPS) is 18.0. The fraction of sp³-hybridized carbons (Fsp3) is 0.471. The van der Waals surface area contributed by atoms with Crippen molar-refractivity contribution in [2.24, 2.45) is 0 Å². The lowest BCUT2D eigenvalue weighted by atomic mass is 10.2. The SMILES string of the molecule is Nc1ncc(-c2cc(N3CCOCC3)nc(C3CC3)n2)cc1SC(F)(F)F. The van der Waals surface area contributed by atoms with Crippen LogP contribution < -0.4 is 10.6 Å². The van der Waals surface area contributed by atoms with Crippen molar-refractivity contribution in [3.63, 3.8) is 0 Å². The first-order chi connectivity index (χ1) is 12.9. The van der Waals surface area contributed by atoms with Gasteiger partial charge in [-0.1, -0.05) is 0 Å². The molecule has 2 aromatic heterocycles. The minimum Gasteiger partial charge on any atom is -0.383 e. The largest absolute Gasteiger partial charge is 0.446 e. The van der Waals surface area contributed by atoms with E-state index in [-0.39, 0.29) is 22.5 Å². The van der Waals surface area contributed by atoms with Crippen molar-refractivity contribution in [1.82, 2.24) is 15.0 Å². The highest BCUT2D eigenvalue weighted by atomic mass is 32.2. The third-order valence-corrected chi connectivity index (χ3v) is 5.19. The summed E-state index contributed by atoms with van der Waals surface area (Å²) in [7, 11) is 0. The molecule has 1 saturated heterocycles. The van der Waals surface area contributed by atoms with Crippen molar-refractivity contribution in [3.05, 3.63) is 24.2 Å². The van der Waals surface area contributed by atoms with E-state index < -0.39 is 5.51 Å². The van der Waals surface area contributed by atoms with Gasteiger partial charge in [-0.2, -0.15) is 13.2 Å². The van der Waals surface area contributed by atoms with Crippen molar-refractivity contribution >= 4 is 23.4 Å². The third-order valence-electron chi connectivity index (χ3n) is 4.41. The number of alkyl halides is 3.